The second-order valence-electron chi connectivity index (χ2n) is 3.69. The average Bonchev–Trinajstić information content (AvgIpc) is 1.77. The van der Waals surface area contributed by atoms with Crippen molar-refractivity contribution in [2.45, 2.75) is 39.2 Å². The van der Waals surface area contributed by atoms with Crippen LogP contribution < -0.4 is 5.32 Å². The Labute approximate surface area is 57.8 Å². The van der Waals surface area contributed by atoms with E-state index < -0.39 is 0 Å². The maximum atomic E-state index is 3.51. The zero-order valence-corrected chi connectivity index (χ0v) is 6.70. The Kier molecular flexibility index (Phi) is 1.80. The maximum Gasteiger partial charge on any atom is 0.0150 e. The Hall–Kier alpha value is -0.0400. The normalized spacial score (nSPS) is 34.3. The number of nitrogens with one attached hydrogen (secondary N) is 1. The van der Waals surface area contributed by atoms with Crippen LogP contribution in [0.1, 0.15) is 33.6 Å². The summed E-state index contributed by atoms with van der Waals surface area (Å²) in [7, 11) is 0. The highest BCUT2D eigenvalue weighted by atomic mass is 15.0. The predicted molar refractivity (Wildman–Crippen MR) is 40.5 cm³/mol. The lowest BCUT2D eigenvalue weighted by Crippen LogP contribution is -2.48. The molecule has 0 unspecified atom stereocenters. The molecular formula is C8H17N. The molecule has 1 rings (SSSR count). The van der Waals surface area contributed by atoms with Crippen LogP contribution in [0.2, 0.25) is 0 Å². The van der Waals surface area contributed by atoms with Gasteiger partial charge in [-0.1, -0.05) is 6.92 Å². The SMILES string of the molecule is C[C@@H]1CCCNC1(C)C. The molecular weight excluding hydrogens is 110 g/mol. The average molecular weight is 127 g/mol. The number of piperidine rings is 1. The summed E-state index contributed by atoms with van der Waals surface area (Å²) >= 11 is 0. The Balaban J connectivity index is 2.49. The van der Waals surface area contributed by atoms with E-state index in [9.17, 15) is 0 Å². The second-order valence-corrected chi connectivity index (χ2v) is 3.69. The van der Waals surface area contributed by atoms with Crippen LogP contribution in [0.25, 0.3) is 0 Å². The molecule has 0 amide bonds. The van der Waals surface area contributed by atoms with Crippen molar-refractivity contribution >= 4 is 0 Å². The summed E-state index contributed by atoms with van der Waals surface area (Å²) in [5, 5.41) is 3.51. The monoisotopic (exact) mass is 127 g/mol. The summed E-state index contributed by atoms with van der Waals surface area (Å²) in [6, 6.07) is 0. The molecule has 0 aliphatic carbocycles. The molecule has 0 aromatic rings. The van der Waals surface area contributed by atoms with E-state index in [1.54, 1.807) is 0 Å². The van der Waals surface area contributed by atoms with Crippen molar-refractivity contribution in [2.75, 3.05) is 6.54 Å². The molecule has 1 aliphatic rings. The predicted octanol–water partition coefficient (Wildman–Crippen LogP) is 1.78. The lowest BCUT2D eigenvalue weighted by Gasteiger charge is -2.37. The van der Waals surface area contributed by atoms with E-state index >= 15 is 0 Å². The van der Waals surface area contributed by atoms with E-state index in [0.717, 1.165) is 5.92 Å². The molecule has 9 heavy (non-hydrogen) atoms. The van der Waals surface area contributed by atoms with E-state index in [4.69, 9.17) is 0 Å². The standard InChI is InChI=1S/C8H17N/c1-7-5-4-6-9-8(7,2)3/h7,9H,4-6H2,1-3H3/t7-/m1/s1. The minimum Gasteiger partial charge on any atom is -0.312 e. The Morgan fingerprint density at radius 3 is 2.44 bits per heavy atom. The van der Waals surface area contributed by atoms with Gasteiger partial charge >= 0.3 is 0 Å². The molecule has 0 bridgehead atoms. The van der Waals surface area contributed by atoms with Gasteiger partial charge in [-0.3, -0.25) is 0 Å². The summed E-state index contributed by atoms with van der Waals surface area (Å²) < 4.78 is 0. The quantitative estimate of drug-likeness (QED) is 0.523. The summed E-state index contributed by atoms with van der Waals surface area (Å²) in [5.74, 6) is 0.839. The van der Waals surface area contributed by atoms with Gasteiger partial charge in [0.15, 0.2) is 0 Å². The first-order chi connectivity index (χ1) is 4.13. The van der Waals surface area contributed by atoms with Gasteiger partial charge < -0.3 is 5.32 Å². The number of hydrogen-bond donors (Lipinski definition) is 1. The van der Waals surface area contributed by atoms with Gasteiger partial charge in [-0.2, -0.15) is 0 Å². The second kappa shape index (κ2) is 2.30. The number of rotatable bonds is 0. The zero-order chi connectivity index (χ0) is 6.91. The van der Waals surface area contributed by atoms with Gasteiger partial charge in [0.1, 0.15) is 0 Å². The fourth-order valence-electron chi connectivity index (χ4n) is 1.35. The van der Waals surface area contributed by atoms with Gasteiger partial charge in [0.2, 0.25) is 0 Å². The topological polar surface area (TPSA) is 12.0 Å². The molecule has 0 aromatic carbocycles. The van der Waals surface area contributed by atoms with Crippen molar-refractivity contribution in [1.29, 1.82) is 0 Å². The van der Waals surface area contributed by atoms with E-state index in [1.807, 2.05) is 0 Å². The molecule has 1 aliphatic heterocycles. The van der Waals surface area contributed by atoms with Gasteiger partial charge in [0, 0.05) is 5.54 Å². The van der Waals surface area contributed by atoms with Crippen LogP contribution >= 0.6 is 0 Å². The van der Waals surface area contributed by atoms with Crippen molar-refractivity contribution < 1.29 is 0 Å². The third-order valence-corrected chi connectivity index (χ3v) is 2.63. The van der Waals surface area contributed by atoms with Gasteiger partial charge in [-0.25, -0.2) is 0 Å². The molecule has 0 aromatic heterocycles. The summed E-state index contributed by atoms with van der Waals surface area (Å²) in [4.78, 5) is 0. The van der Waals surface area contributed by atoms with Crippen molar-refractivity contribution in [3.05, 3.63) is 0 Å². The van der Waals surface area contributed by atoms with Gasteiger partial charge in [-0.15, -0.1) is 0 Å². The molecule has 1 heterocycles. The lowest BCUT2D eigenvalue weighted by atomic mass is 9.82. The first-order valence-electron chi connectivity index (χ1n) is 3.88. The van der Waals surface area contributed by atoms with E-state index in [0.29, 0.717) is 5.54 Å². The van der Waals surface area contributed by atoms with Gasteiger partial charge in [0.05, 0.1) is 0 Å². The van der Waals surface area contributed by atoms with E-state index in [1.165, 1.54) is 19.4 Å². The fourth-order valence-corrected chi connectivity index (χ4v) is 1.35. The molecule has 0 saturated carbocycles. The molecule has 1 atom stereocenters. The van der Waals surface area contributed by atoms with Crippen molar-refractivity contribution in [2.24, 2.45) is 5.92 Å². The van der Waals surface area contributed by atoms with Crippen LogP contribution in [-0.4, -0.2) is 12.1 Å². The summed E-state index contributed by atoms with van der Waals surface area (Å²) in [6.07, 6.45) is 2.74. The molecule has 0 spiro atoms. The highest BCUT2D eigenvalue weighted by molar-refractivity contribution is 4.86. The highest BCUT2D eigenvalue weighted by Gasteiger charge is 2.27. The largest absolute Gasteiger partial charge is 0.312 e. The van der Waals surface area contributed by atoms with Gasteiger partial charge in [0.25, 0.3) is 0 Å². The zero-order valence-electron chi connectivity index (χ0n) is 6.70. The smallest absolute Gasteiger partial charge is 0.0150 e. The minimum absolute atomic E-state index is 0.387. The fraction of sp³-hybridized carbons (Fsp3) is 1.00. The maximum absolute atomic E-state index is 3.51. The molecule has 1 heteroatoms. The van der Waals surface area contributed by atoms with Crippen LogP contribution in [-0.2, 0) is 0 Å². The molecule has 1 fully saturated rings. The molecule has 0 radical (unpaired) electrons. The molecule has 1 N–H and O–H groups in total. The van der Waals surface area contributed by atoms with Crippen molar-refractivity contribution in [3.8, 4) is 0 Å². The summed E-state index contributed by atoms with van der Waals surface area (Å²) in [5.41, 5.74) is 0.387. The van der Waals surface area contributed by atoms with Crippen LogP contribution in [0, 0.1) is 5.92 Å². The Morgan fingerprint density at radius 2 is 2.11 bits per heavy atom. The van der Waals surface area contributed by atoms with E-state index in [2.05, 4.69) is 26.1 Å². The highest BCUT2D eigenvalue weighted by Crippen LogP contribution is 2.24. The third-order valence-electron chi connectivity index (χ3n) is 2.63. The molecule has 1 nitrogen and oxygen atoms in total. The Bertz CT molecular complexity index is 96.7. The number of hydrogen-bond acceptors (Lipinski definition) is 1. The molecule has 54 valence electrons. The Morgan fingerprint density at radius 1 is 1.44 bits per heavy atom. The van der Waals surface area contributed by atoms with Crippen molar-refractivity contribution in [1.82, 2.24) is 5.32 Å². The van der Waals surface area contributed by atoms with Crippen molar-refractivity contribution in [3.63, 3.8) is 0 Å². The van der Waals surface area contributed by atoms with Crippen LogP contribution in [0.4, 0.5) is 0 Å². The minimum atomic E-state index is 0.387. The summed E-state index contributed by atoms with van der Waals surface area (Å²) in [6.45, 7) is 8.11. The van der Waals surface area contributed by atoms with Crippen LogP contribution in [0.15, 0.2) is 0 Å². The third kappa shape index (κ3) is 1.45. The first kappa shape index (κ1) is 7.07. The first-order valence-corrected chi connectivity index (χ1v) is 3.88. The van der Waals surface area contributed by atoms with Gasteiger partial charge in [-0.05, 0) is 39.2 Å². The van der Waals surface area contributed by atoms with Crippen LogP contribution in [0.5, 0.6) is 0 Å². The lowest BCUT2D eigenvalue weighted by molar-refractivity contribution is 0.212. The van der Waals surface area contributed by atoms with E-state index in [-0.39, 0.29) is 0 Å². The van der Waals surface area contributed by atoms with Crippen LogP contribution in [0.3, 0.4) is 0 Å². The molecule has 1 saturated heterocycles.